The lowest BCUT2D eigenvalue weighted by molar-refractivity contribution is -0.116. The smallest absolute Gasteiger partial charge is 0.252 e. The zero-order valence-corrected chi connectivity index (χ0v) is 21.5. The van der Waals surface area contributed by atoms with Gasteiger partial charge in [0.1, 0.15) is 17.3 Å². The first-order valence-corrected chi connectivity index (χ1v) is 12.9. The molecule has 3 aliphatic carbocycles. The number of aliphatic hydroxyl groups excluding tert-OH is 3. The van der Waals surface area contributed by atoms with E-state index < -0.39 is 63.8 Å². The van der Waals surface area contributed by atoms with E-state index in [-0.39, 0.29) is 23.3 Å². The Morgan fingerprint density at radius 2 is 1.85 bits per heavy atom. The Balaban J connectivity index is 1.50. The highest BCUT2D eigenvalue weighted by Gasteiger charge is 2.61. The fourth-order valence-corrected chi connectivity index (χ4v) is 6.45. The predicted molar refractivity (Wildman–Crippen MR) is 143 cm³/mol. The first-order chi connectivity index (χ1) is 18.5. The standard InChI is InChI=1S/C30H32N2O7/c1-14-18-9-8-17(13-32-11-10-16-6-4-3-5-7-16)25(34)23(18)27(36)24-21(14)26(35)19-12-20(33)22(29(31)38)15(2)30(19,39)28(24)37/h3-9,14,19,21,26,32-35,37,39H,2,10-13H2,1H3,(H2,31,38)/t14-,19+,21+,26+,30-/m0/s1. The number of nitrogens with one attached hydrogen (secondary N) is 1. The van der Waals surface area contributed by atoms with Crippen molar-refractivity contribution < 1.29 is 35.1 Å². The largest absolute Gasteiger partial charge is 0.511 e. The number of primary amides is 1. The molecule has 0 spiro atoms. The van der Waals surface area contributed by atoms with E-state index in [9.17, 15) is 35.1 Å². The van der Waals surface area contributed by atoms with Gasteiger partial charge in [-0.25, -0.2) is 0 Å². The molecule has 0 heterocycles. The van der Waals surface area contributed by atoms with E-state index in [0.29, 0.717) is 24.2 Å². The Morgan fingerprint density at radius 1 is 1.15 bits per heavy atom. The van der Waals surface area contributed by atoms with Crippen LogP contribution in [0.25, 0.3) is 0 Å². The topological polar surface area (TPSA) is 173 Å². The summed E-state index contributed by atoms with van der Waals surface area (Å²) in [6.07, 6.45) is -0.957. The number of benzene rings is 2. The van der Waals surface area contributed by atoms with Crippen LogP contribution in [0.5, 0.6) is 5.75 Å². The van der Waals surface area contributed by atoms with Crippen molar-refractivity contribution in [3.63, 3.8) is 0 Å². The molecule has 8 N–H and O–H groups in total. The van der Waals surface area contributed by atoms with Gasteiger partial charge in [-0.2, -0.15) is 0 Å². The van der Waals surface area contributed by atoms with Crippen LogP contribution < -0.4 is 11.1 Å². The monoisotopic (exact) mass is 532 g/mol. The average molecular weight is 533 g/mol. The van der Waals surface area contributed by atoms with Crippen molar-refractivity contribution >= 4 is 11.7 Å². The Labute approximate surface area is 225 Å². The van der Waals surface area contributed by atoms with Gasteiger partial charge in [-0.3, -0.25) is 9.59 Å². The molecule has 0 saturated carbocycles. The van der Waals surface area contributed by atoms with Gasteiger partial charge < -0.3 is 36.6 Å². The van der Waals surface area contributed by atoms with Gasteiger partial charge in [0.15, 0.2) is 11.4 Å². The summed E-state index contributed by atoms with van der Waals surface area (Å²) in [4.78, 5) is 25.8. The van der Waals surface area contributed by atoms with Crippen molar-refractivity contribution in [1.82, 2.24) is 5.32 Å². The minimum atomic E-state index is -2.40. The van der Waals surface area contributed by atoms with Crippen LogP contribution in [0.2, 0.25) is 0 Å². The molecule has 0 bridgehead atoms. The van der Waals surface area contributed by atoms with Crippen molar-refractivity contribution in [3.05, 3.63) is 99.5 Å². The summed E-state index contributed by atoms with van der Waals surface area (Å²) in [5.41, 5.74) is 4.03. The molecule has 5 atom stereocenters. The number of fused-ring (bicyclic) bond motifs is 3. The zero-order chi connectivity index (χ0) is 28.2. The van der Waals surface area contributed by atoms with Gasteiger partial charge in [0.25, 0.3) is 5.91 Å². The molecule has 3 aliphatic rings. The maximum Gasteiger partial charge on any atom is 0.252 e. The first kappa shape index (κ1) is 26.7. The molecular weight excluding hydrogens is 500 g/mol. The summed E-state index contributed by atoms with van der Waals surface area (Å²) < 4.78 is 0. The van der Waals surface area contributed by atoms with E-state index >= 15 is 0 Å². The van der Waals surface area contributed by atoms with Gasteiger partial charge in [0, 0.05) is 41.5 Å². The number of aliphatic hydroxyl groups is 4. The molecular formula is C30H32N2O7. The number of carbonyl (C=O) groups excluding carboxylic acids is 2. The number of allylic oxidation sites excluding steroid dienone is 1. The number of aromatic hydroxyl groups is 1. The Bertz CT molecular complexity index is 1440. The lowest BCUT2D eigenvalue weighted by Crippen LogP contribution is -2.59. The molecule has 2 aromatic rings. The lowest BCUT2D eigenvalue weighted by Gasteiger charge is -2.51. The third-order valence-corrected chi connectivity index (χ3v) is 8.52. The van der Waals surface area contributed by atoms with Crippen molar-refractivity contribution in [2.75, 3.05) is 6.54 Å². The van der Waals surface area contributed by atoms with Gasteiger partial charge >= 0.3 is 0 Å². The first-order valence-electron chi connectivity index (χ1n) is 12.9. The number of phenols is 1. The van der Waals surface area contributed by atoms with Gasteiger partial charge in [0.05, 0.1) is 17.2 Å². The lowest BCUT2D eigenvalue weighted by atomic mass is 9.56. The van der Waals surface area contributed by atoms with Crippen LogP contribution in [0.3, 0.4) is 0 Å². The van der Waals surface area contributed by atoms with Crippen molar-refractivity contribution in [2.45, 2.75) is 43.9 Å². The molecule has 0 fully saturated rings. The SMILES string of the molecule is C=C1C(C(N)=O)=C(O)C[C@@H]2[C@@H](O)[C@H]3C(=C(O)[C@]12O)C(=O)c1c(ccc(CNCCc2ccccc2)c1O)[C@@H]3C. The highest BCUT2D eigenvalue weighted by atomic mass is 16.3. The summed E-state index contributed by atoms with van der Waals surface area (Å²) in [5, 5.41) is 59.3. The van der Waals surface area contributed by atoms with Crippen molar-refractivity contribution in [2.24, 2.45) is 17.6 Å². The zero-order valence-electron chi connectivity index (χ0n) is 21.5. The van der Waals surface area contributed by atoms with E-state index in [1.54, 1.807) is 19.1 Å². The van der Waals surface area contributed by atoms with Gasteiger partial charge in [-0.05, 0) is 30.0 Å². The Morgan fingerprint density at radius 3 is 2.51 bits per heavy atom. The van der Waals surface area contributed by atoms with Crippen LogP contribution in [0.1, 0.15) is 46.3 Å². The molecule has 0 unspecified atom stereocenters. The molecule has 0 radical (unpaired) electrons. The molecule has 39 heavy (non-hydrogen) atoms. The van der Waals surface area contributed by atoms with Crippen LogP contribution in [-0.4, -0.2) is 55.5 Å². The minimum absolute atomic E-state index is 0.00755. The third kappa shape index (κ3) is 3.96. The normalized spacial score (nSPS) is 28.2. The number of hydrogen-bond donors (Lipinski definition) is 7. The maximum absolute atomic E-state index is 13.8. The number of nitrogens with two attached hydrogens (primary N) is 1. The van der Waals surface area contributed by atoms with Gasteiger partial charge in [-0.15, -0.1) is 0 Å². The highest BCUT2D eigenvalue weighted by Crippen LogP contribution is 2.57. The summed E-state index contributed by atoms with van der Waals surface area (Å²) in [7, 11) is 0. The molecule has 0 aliphatic heterocycles. The number of carbonyl (C=O) groups is 2. The van der Waals surface area contributed by atoms with Crippen LogP contribution in [0, 0.1) is 11.8 Å². The fourth-order valence-electron chi connectivity index (χ4n) is 6.45. The average Bonchev–Trinajstić information content (AvgIpc) is 2.90. The van der Waals surface area contributed by atoms with Crippen molar-refractivity contribution in [1.29, 1.82) is 0 Å². The van der Waals surface area contributed by atoms with E-state index in [0.717, 1.165) is 12.0 Å². The third-order valence-electron chi connectivity index (χ3n) is 8.52. The second-order valence-electron chi connectivity index (χ2n) is 10.6. The molecule has 2 aromatic carbocycles. The molecule has 204 valence electrons. The predicted octanol–water partition coefficient (Wildman–Crippen LogP) is 2.43. The van der Waals surface area contributed by atoms with E-state index in [2.05, 4.69) is 11.9 Å². The highest BCUT2D eigenvalue weighted by molar-refractivity contribution is 6.14. The van der Waals surface area contributed by atoms with Crippen LogP contribution >= 0.6 is 0 Å². The summed E-state index contributed by atoms with van der Waals surface area (Å²) in [6.45, 7) is 6.38. The molecule has 0 aromatic heterocycles. The number of hydrogen-bond acceptors (Lipinski definition) is 8. The van der Waals surface area contributed by atoms with E-state index in [4.69, 9.17) is 5.73 Å². The maximum atomic E-state index is 13.8. The van der Waals surface area contributed by atoms with Crippen LogP contribution in [0.15, 0.2) is 77.3 Å². The molecule has 5 rings (SSSR count). The van der Waals surface area contributed by atoms with Crippen LogP contribution in [0.4, 0.5) is 0 Å². The summed E-state index contributed by atoms with van der Waals surface area (Å²) in [5.74, 6) is -5.88. The number of phenolic OH excluding ortho intramolecular Hbond substituents is 1. The Hall–Kier alpha value is -3.92. The molecule has 9 heteroatoms. The number of ketones is 1. The van der Waals surface area contributed by atoms with Crippen molar-refractivity contribution in [3.8, 4) is 5.75 Å². The quantitative estimate of drug-likeness (QED) is 0.278. The van der Waals surface area contributed by atoms with E-state index in [1.165, 1.54) is 0 Å². The molecule has 9 nitrogen and oxygen atoms in total. The molecule has 1 amide bonds. The molecule has 0 saturated heterocycles. The second kappa shape index (κ2) is 9.68. The summed E-state index contributed by atoms with van der Waals surface area (Å²) in [6, 6.07) is 13.4. The van der Waals surface area contributed by atoms with E-state index in [1.807, 2.05) is 30.3 Å². The number of Topliss-reactive ketones (excluding diaryl/α,β-unsaturated/α-hetero) is 1. The second-order valence-corrected chi connectivity index (χ2v) is 10.6. The van der Waals surface area contributed by atoms with Gasteiger partial charge in [0.2, 0.25) is 0 Å². The minimum Gasteiger partial charge on any atom is -0.511 e. The number of rotatable bonds is 6. The fraction of sp³-hybridized carbons (Fsp3) is 0.333. The summed E-state index contributed by atoms with van der Waals surface area (Å²) >= 11 is 0. The van der Waals surface area contributed by atoms with Gasteiger partial charge in [-0.1, -0.05) is 56.0 Å². The number of amides is 1. The van der Waals surface area contributed by atoms with Crippen LogP contribution in [-0.2, 0) is 17.8 Å². The Kier molecular flexibility index (Phi) is 6.62.